The number of anilines is 1. The summed E-state index contributed by atoms with van der Waals surface area (Å²) >= 11 is 0. The molecule has 0 bridgehead atoms. The number of carbonyl (C=O) groups is 6. The maximum absolute atomic E-state index is 13.0. The molecule has 4 aliphatic rings. The Morgan fingerprint density at radius 3 is 2.11 bits per heavy atom. The number of carbonyl (C=O) groups excluding carboxylic acids is 6. The number of aliphatic hydroxyl groups excluding tert-OH is 7. The molecule has 347 valence electrons. The van der Waals surface area contributed by atoms with E-state index >= 15 is 0 Å². The van der Waals surface area contributed by atoms with E-state index in [2.05, 4.69) is 16.0 Å². The molecule has 1 radical (unpaired) electrons. The third kappa shape index (κ3) is 13.3. The number of imide groups is 1. The van der Waals surface area contributed by atoms with Gasteiger partial charge in [0.25, 0.3) is 5.91 Å². The molecular formula is C38H59N6O17Y-. The Bertz CT molecular complexity index is 1710. The Morgan fingerprint density at radius 1 is 0.871 bits per heavy atom. The van der Waals surface area contributed by atoms with Crippen LogP contribution < -0.4 is 20.7 Å². The number of likely N-dealkylation sites (tertiary alicyclic amines) is 1. The number of nitrogens with zero attached hydrogens (tertiary/aromatic N) is 2. The topological polar surface area (TPSA) is 347 Å². The van der Waals surface area contributed by atoms with Gasteiger partial charge in [0.1, 0.15) is 49.0 Å². The minimum absolute atomic E-state index is 0. The predicted octanol–water partition coefficient (Wildman–Crippen LogP) is -2.21. The van der Waals surface area contributed by atoms with Gasteiger partial charge in [0.15, 0.2) is 6.17 Å². The first-order chi connectivity index (χ1) is 28.9. The van der Waals surface area contributed by atoms with Crippen molar-refractivity contribution in [3.63, 3.8) is 0 Å². The van der Waals surface area contributed by atoms with E-state index in [9.17, 15) is 64.5 Å². The summed E-state index contributed by atoms with van der Waals surface area (Å²) in [6.07, 6.45) is -17.2. The standard InChI is InChI=1S/C34H47N6O17.2C2H6.Y/c1-34(2)10-21(45)39(32(34)52)8-6-19(43)36-7-5-20(44)37-15-9-14(3-4-16(15)56-31-27(50)25(48)23(46)18(12-42)57-31)13-54-33(53)38-29-30(51)40(29)22-17(11-41)55-28(35)26(49)24(22)47;2*1-2;/h3-4,9,17-18,22-29,31,35,41-42,46-50H,5-8,10-13H2,1-2H3,(H,36,43)(H,37,44)(H,38,53);2*1-2H3;/q-1;;;. The number of benzene rings is 1. The summed E-state index contributed by atoms with van der Waals surface area (Å²) < 4.78 is 21.5. The molecule has 1 aromatic rings. The number of ether oxygens (including phenoxy) is 4. The van der Waals surface area contributed by atoms with Gasteiger partial charge < -0.3 is 76.0 Å². The Balaban J connectivity index is 0.00000257. The number of aliphatic hydroxyl groups is 7. The summed E-state index contributed by atoms with van der Waals surface area (Å²) in [5.41, 5.74) is 6.98. The molecule has 11 atom stereocenters. The fourth-order valence-electron chi connectivity index (χ4n) is 6.63. The van der Waals surface area contributed by atoms with E-state index in [0.717, 1.165) is 9.80 Å². The van der Waals surface area contributed by atoms with Gasteiger partial charge in [0, 0.05) is 65.1 Å². The van der Waals surface area contributed by atoms with E-state index < -0.39 is 117 Å². The van der Waals surface area contributed by atoms with E-state index in [1.807, 2.05) is 27.7 Å². The van der Waals surface area contributed by atoms with Crippen LogP contribution in [-0.4, -0.2) is 175 Å². The zero-order valence-corrected chi connectivity index (χ0v) is 38.3. The first kappa shape index (κ1) is 54.7. The van der Waals surface area contributed by atoms with E-state index in [1.54, 1.807) is 13.8 Å². The molecule has 11 unspecified atom stereocenters. The average Bonchev–Trinajstić information content (AvgIpc) is 3.80. The van der Waals surface area contributed by atoms with Gasteiger partial charge in [-0.3, -0.25) is 34.2 Å². The van der Waals surface area contributed by atoms with E-state index in [0.29, 0.717) is 0 Å². The van der Waals surface area contributed by atoms with Crippen molar-refractivity contribution in [1.82, 2.24) is 20.4 Å². The molecule has 0 saturated carbocycles. The van der Waals surface area contributed by atoms with E-state index in [1.165, 1.54) is 18.2 Å². The van der Waals surface area contributed by atoms with Crippen LogP contribution in [0.1, 0.15) is 66.4 Å². The number of rotatable bonds is 15. The van der Waals surface area contributed by atoms with Crippen LogP contribution in [-0.2, 0) is 77.5 Å². The van der Waals surface area contributed by atoms with Crippen molar-refractivity contribution in [1.29, 1.82) is 0 Å². The van der Waals surface area contributed by atoms with Crippen molar-refractivity contribution in [2.45, 2.75) is 135 Å². The van der Waals surface area contributed by atoms with Gasteiger partial charge in [0.2, 0.25) is 29.9 Å². The van der Waals surface area contributed by atoms with Crippen LogP contribution in [0.25, 0.3) is 5.73 Å². The third-order valence-electron chi connectivity index (χ3n) is 9.90. The number of nitrogens with one attached hydrogen (secondary N) is 4. The SMILES string of the molecule is CC.CC.CC1(C)CC(=O)N(CCC(=O)NCCC(=O)Nc2cc(COC(=O)NC3C(=O)N3C3C(CO)OC([NH-])C(O)C3O)ccc2OC2OC(CO)C(O)C(O)C2O)C1=O.[Y]. The molecule has 0 aliphatic carbocycles. The summed E-state index contributed by atoms with van der Waals surface area (Å²) in [7, 11) is 0. The van der Waals surface area contributed by atoms with Gasteiger partial charge in [-0.05, 0) is 23.9 Å². The average molecular weight is 961 g/mol. The Labute approximate surface area is 383 Å². The van der Waals surface area contributed by atoms with Crippen LogP contribution in [0.3, 0.4) is 0 Å². The summed E-state index contributed by atoms with van der Waals surface area (Å²) in [6, 6.07) is 2.70. The van der Waals surface area contributed by atoms with Crippen LogP contribution in [0.4, 0.5) is 10.5 Å². The summed E-state index contributed by atoms with van der Waals surface area (Å²) in [6.45, 7) is 9.09. The molecule has 4 saturated heterocycles. The van der Waals surface area contributed by atoms with Crippen molar-refractivity contribution >= 4 is 41.3 Å². The second-order valence-electron chi connectivity index (χ2n) is 14.6. The molecule has 1 aromatic carbocycles. The number of hydrogen-bond acceptors (Lipinski definition) is 17. The first-order valence-electron chi connectivity index (χ1n) is 20.0. The van der Waals surface area contributed by atoms with Gasteiger partial charge in [0.05, 0.1) is 36.5 Å². The fraction of sp³-hybridized carbons (Fsp3) is 0.684. The van der Waals surface area contributed by atoms with E-state index in [4.69, 9.17) is 24.7 Å². The van der Waals surface area contributed by atoms with Crippen LogP contribution in [0.15, 0.2) is 18.2 Å². The summed E-state index contributed by atoms with van der Waals surface area (Å²) in [4.78, 5) is 77.2. The molecule has 4 fully saturated rings. The molecule has 5 rings (SSSR count). The van der Waals surface area contributed by atoms with Gasteiger partial charge in [-0.1, -0.05) is 47.6 Å². The molecule has 4 aliphatic heterocycles. The molecule has 0 spiro atoms. The normalized spacial score (nSPS) is 29.8. The molecule has 4 heterocycles. The van der Waals surface area contributed by atoms with E-state index in [-0.39, 0.29) is 93.9 Å². The Kier molecular flexibility index (Phi) is 21.7. The Morgan fingerprint density at radius 2 is 1.52 bits per heavy atom. The van der Waals surface area contributed by atoms with Crippen molar-refractivity contribution < 1.29 is 116 Å². The molecule has 6 amide bonds. The number of alkyl carbamates (subject to hydrolysis) is 1. The molecule has 11 N–H and O–H groups in total. The smallest absolute Gasteiger partial charge is 0.409 e. The van der Waals surface area contributed by atoms with Crippen LogP contribution in [0, 0.1) is 5.41 Å². The largest absolute Gasteiger partial charge is 0.649 e. The summed E-state index contributed by atoms with van der Waals surface area (Å²) in [5.74, 6) is -2.79. The molecule has 23 nitrogen and oxygen atoms in total. The van der Waals surface area contributed by atoms with Crippen LogP contribution in [0.5, 0.6) is 5.75 Å². The minimum atomic E-state index is -1.80. The van der Waals surface area contributed by atoms with Gasteiger partial charge in [-0.25, -0.2) is 4.79 Å². The maximum Gasteiger partial charge on any atom is 0.409 e. The monoisotopic (exact) mass is 960 g/mol. The van der Waals surface area contributed by atoms with Gasteiger partial charge >= 0.3 is 6.09 Å². The predicted molar refractivity (Wildman–Crippen MR) is 209 cm³/mol. The Hall–Kier alpha value is -3.46. The minimum Gasteiger partial charge on any atom is -0.649 e. The van der Waals surface area contributed by atoms with Gasteiger partial charge in [-0.2, -0.15) is 0 Å². The molecule has 62 heavy (non-hydrogen) atoms. The number of amides is 6. The zero-order valence-electron chi connectivity index (χ0n) is 35.4. The first-order valence-corrected chi connectivity index (χ1v) is 20.0. The molecule has 24 heteroatoms. The van der Waals surface area contributed by atoms with Crippen molar-refractivity contribution in [3.05, 3.63) is 29.5 Å². The molecular weight excluding hydrogens is 901 g/mol. The second kappa shape index (κ2) is 24.6. The molecule has 0 aromatic heterocycles. The van der Waals surface area contributed by atoms with Crippen LogP contribution >= 0.6 is 0 Å². The maximum atomic E-state index is 13.0. The van der Waals surface area contributed by atoms with Crippen LogP contribution in [0.2, 0.25) is 0 Å². The van der Waals surface area contributed by atoms with Gasteiger partial charge in [-0.15, -0.1) is 0 Å². The zero-order chi connectivity index (χ0) is 45.9. The van der Waals surface area contributed by atoms with Crippen molar-refractivity contribution in [2.75, 3.05) is 31.6 Å². The number of hydrogen-bond donors (Lipinski definition) is 10. The quantitative estimate of drug-likeness (QED) is 0.0658. The fourth-order valence-corrected chi connectivity index (χ4v) is 6.63. The second-order valence-corrected chi connectivity index (χ2v) is 14.6. The van der Waals surface area contributed by atoms with Crippen molar-refractivity contribution in [3.8, 4) is 5.75 Å². The summed E-state index contributed by atoms with van der Waals surface area (Å²) in [5, 5.41) is 77.9. The van der Waals surface area contributed by atoms with Crippen molar-refractivity contribution in [2.24, 2.45) is 5.41 Å². The third-order valence-corrected chi connectivity index (χ3v) is 9.90.